The van der Waals surface area contributed by atoms with Gasteiger partial charge in [0.15, 0.2) is 5.03 Å². The molecule has 0 spiro atoms. The van der Waals surface area contributed by atoms with E-state index in [2.05, 4.69) is 10.2 Å². The van der Waals surface area contributed by atoms with E-state index >= 15 is 0 Å². The number of H-pyrrole nitrogens is 1. The normalized spacial score (nSPS) is 16.9. The topological polar surface area (TPSA) is 66.1 Å². The number of sulfonamides is 1. The van der Waals surface area contributed by atoms with Crippen LogP contribution in [-0.2, 0) is 15.9 Å². The van der Waals surface area contributed by atoms with E-state index in [0.29, 0.717) is 22.8 Å². The standard InChI is InChI=1S/C10H13ClF3N3O2S/c1-6-8(4-11)9(16-15-6)20(18,19)17(7-2-3-7)5-10(12,13)14/h7H,2-5H2,1H3,(H,15,16). The number of aryl methyl sites for hydroxylation is 1. The van der Waals surface area contributed by atoms with Crippen LogP contribution in [-0.4, -0.2) is 41.7 Å². The highest BCUT2D eigenvalue weighted by Gasteiger charge is 2.46. The van der Waals surface area contributed by atoms with Gasteiger partial charge >= 0.3 is 6.18 Å². The number of hydrogen-bond acceptors (Lipinski definition) is 3. The molecule has 1 aliphatic rings. The first kappa shape index (κ1) is 15.6. The van der Waals surface area contributed by atoms with E-state index in [1.54, 1.807) is 6.92 Å². The van der Waals surface area contributed by atoms with Gasteiger partial charge in [0.2, 0.25) is 0 Å². The van der Waals surface area contributed by atoms with E-state index < -0.39 is 33.8 Å². The maximum atomic E-state index is 12.6. The number of aromatic nitrogens is 2. The van der Waals surface area contributed by atoms with Crippen LogP contribution in [0.15, 0.2) is 5.03 Å². The number of halogens is 4. The van der Waals surface area contributed by atoms with Crippen molar-refractivity contribution in [3.05, 3.63) is 11.3 Å². The third kappa shape index (κ3) is 3.09. The lowest BCUT2D eigenvalue weighted by Crippen LogP contribution is -2.40. The summed E-state index contributed by atoms with van der Waals surface area (Å²) in [6, 6.07) is -0.609. The Morgan fingerprint density at radius 1 is 1.45 bits per heavy atom. The molecule has 0 aliphatic heterocycles. The van der Waals surface area contributed by atoms with Gasteiger partial charge in [0.1, 0.15) is 6.54 Å². The van der Waals surface area contributed by atoms with Crippen molar-refractivity contribution in [2.75, 3.05) is 6.54 Å². The molecule has 1 aliphatic carbocycles. The van der Waals surface area contributed by atoms with E-state index in [9.17, 15) is 21.6 Å². The smallest absolute Gasteiger partial charge is 0.281 e. The lowest BCUT2D eigenvalue weighted by atomic mass is 10.3. The Balaban J connectivity index is 2.40. The van der Waals surface area contributed by atoms with Gasteiger partial charge in [-0.1, -0.05) is 0 Å². The average Bonchev–Trinajstić information content (AvgIpc) is 3.07. The van der Waals surface area contributed by atoms with Gasteiger partial charge in [-0.2, -0.15) is 22.6 Å². The third-order valence-electron chi connectivity index (χ3n) is 3.01. The Bertz CT molecular complexity index is 595. The first-order chi connectivity index (χ1) is 9.16. The van der Waals surface area contributed by atoms with Crippen LogP contribution in [0.5, 0.6) is 0 Å². The largest absolute Gasteiger partial charge is 0.402 e. The summed E-state index contributed by atoms with van der Waals surface area (Å²) in [5.74, 6) is -0.137. The molecule has 0 radical (unpaired) electrons. The Labute approximate surface area is 119 Å². The molecule has 20 heavy (non-hydrogen) atoms. The number of nitrogens with one attached hydrogen (secondary N) is 1. The zero-order valence-corrected chi connectivity index (χ0v) is 12.1. The molecule has 1 fully saturated rings. The van der Waals surface area contributed by atoms with Crippen molar-refractivity contribution < 1.29 is 21.6 Å². The van der Waals surface area contributed by atoms with Crippen molar-refractivity contribution in [3.63, 3.8) is 0 Å². The molecule has 0 atom stereocenters. The van der Waals surface area contributed by atoms with Crippen molar-refractivity contribution in [3.8, 4) is 0 Å². The van der Waals surface area contributed by atoms with Crippen LogP contribution in [0.2, 0.25) is 0 Å². The van der Waals surface area contributed by atoms with Crippen LogP contribution >= 0.6 is 11.6 Å². The molecule has 1 aromatic rings. The summed E-state index contributed by atoms with van der Waals surface area (Å²) in [4.78, 5) is 0. The zero-order chi connectivity index (χ0) is 15.1. The van der Waals surface area contributed by atoms with E-state index in [1.165, 1.54) is 0 Å². The molecule has 114 valence electrons. The fourth-order valence-electron chi connectivity index (χ4n) is 1.86. The van der Waals surface area contributed by atoms with Crippen LogP contribution in [0.25, 0.3) is 0 Å². The Hall–Kier alpha value is -0.800. The highest BCUT2D eigenvalue weighted by Crippen LogP contribution is 2.35. The van der Waals surface area contributed by atoms with E-state index in [0.717, 1.165) is 0 Å². The lowest BCUT2D eigenvalue weighted by molar-refractivity contribution is -0.137. The second kappa shape index (κ2) is 5.19. The maximum absolute atomic E-state index is 12.6. The Morgan fingerprint density at radius 2 is 2.05 bits per heavy atom. The third-order valence-corrected chi connectivity index (χ3v) is 5.15. The van der Waals surface area contributed by atoms with Gasteiger partial charge in [0.05, 0.1) is 5.88 Å². The fraction of sp³-hybridized carbons (Fsp3) is 0.700. The van der Waals surface area contributed by atoms with E-state index in [-0.39, 0.29) is 11.4 Å². The summed E-state index contributed by atoms with van der Waals surface area (Å²) in [7, 11) is -4.31. The number of aromatic amines is 1. The van der Waals surface area contributed by atoms with Crippen LogP contribution in [0.1, 0.15) is 24.1 Å². The first-order valence-corrected chi connectivity index (χ1v) is 7.82. The number of hydrogen-bond donors (Lipinski definition) is 1. The SMILES string of the molecule is Cc1[nH]nc(S(=O)(=O)N(CC(F)(F)F)C2CC2)c1CCl. The average molecular weight is 332 g/mol. The molecule has 1 heterocycles. The first-order valence-electron chi connectivity index (χ1n) is 5.85. The number of rotatable bonds is 5. The van der Waals surface area contributed by atoms with E-state index in [4.69, 9.17) is 11.6 Å². The molecular formula is C10H13ClF3N3O2S. The molecule has 5 nitrogen and oxygen atoms in total. The molecular weight excluding hydrogens is 319 g/mol. The Morgan fingerprint density at radius 3 is 2.50 bits per heavy atom. The van der Waals surface area contributed by atoms with Gasteiger partial charge in [-0.05, 0) is 19.8 Å². The second-order valence-corrected chi connectivity index (χ2v) is 6.74. The van der Waals surface area contributed by atoms with Crippen molar-refractivity contribution in [2.45, 2.75) is 42.9 Å². The van der Waals surface area contributed by atoms with Gasteiger partial charge in [-0.25, -0.2) is 8.42 Å². The number of alkyl halides is 4. The summed E-state index contributed by atoms with van der Waals surface area (Å²) in [5.41, 5.74) is 0.640. The van der Waals surface area contributed by atoms with Gasteiger partial charge in [0.25, 0.3) is 10.0 Å². The molecule has 10 heteroatoms. The van der Waals surface area contributed by atoms with E-state index in [1.807, 2.05) is 0 Å². The van der Waals surface area contributed by atoms with Gasteiger partial charge in [0, 0.05) is 17.3 Å². The zero-order valence-electron chi connectivity index (χ0n) is 10.5. The molecule has 1 N–H and O–H groups in total. The summed E-state index contributed by atoms with van der Waals surface area (Å²) in [6.45, 7) is 0.0581. The van der Waals surface area contributed by atoms with Crippen LogP contribution in [0.4, 0.5) is 13.2 Å². The van der Waals surface area contributed by atoms with Crippen molar-refractivity contribution in [1.29, 1.82) is 0 Å². The van der Waals surface area contributed by atoms with Gasteiger partial charge in [-0.15, -0.1) is 11.6 Å². The van der Waals surface area contributed by atoms with Gasteiger partial charge < -0.3 is 0 Å². The maximum Gasteiger partial charge on any atom is 0.402 e. The lowest BCUT2D eigenvalue weighted by Gasteiger charge is -2.22. The second-order valence-electron chi connectivity index (χ2n) is 4.66. The monoisotopic (exact) mass is 331 g/mol. The molecule has 0 bridgehead atoms. The van der Waals surface area contributed by atoms with Crippen LogP contribution in [0, 0.1) is 6.92 Å². The predicted octanol–water partition coefficient (Wildman–Crippen LogP) is 2.17. The molecule has 2 rings (SSSR count). The highest BCUT2D eigenvalue weighted by molar-refractivity contribution is 7.89. The summed E-state index contributed by atoms with van der Waals surface area (Å²) < 4.78 is 62.9. The van der Waals surface area contributed by atoms with Crippen molar-refractivity contribution in [1.82, 2.24) is 14.5 Å². The minimum atomic E-state index is -4.60. The highest BCUT2D eigenvalue weighted by atomic mass is 35.5. The minimum absolute atomic E-state index is 0.137. The molecule has 0 amide bonds. The van der Waals surface area contributed by atoms with Crippen LogP contribution in [0.3, 0.4) is 0 Å². The fourth-order valence-corrected chi connectivity index (χ4v) is 4.11. The summed E-state index contributed by atoms with van der Waals surface area (Å²) >= 11 is 5.65. The molecule has 1 saturated carbocycles. The Kier molecular flexibility index (Phi) is 4.05. The molecule has 1 aromatic heterocycles. The van der Waals surface area contributed by atoms with Crippen LogP contribution < -0.4 is 0 Å². The minimum Gasteiger partial charge on any atom is -0.281 e. The van der Waals surface area contributed by atoms with Crippen molar-refractivity contribution >= 4 is 21.6 Å². The molecule has 0 saturated heterocycles. The predicted molar refractivity (Wildman–Crippen MR) is 65.9 cm³/mol. The quantitative estimate of drug-likeness (QED) is 0.841. The molecule has 0 unspecified atom stereocenters. The van der Waals surface area contributed by atoms with Crippen molar-refractivity contribution in [2.24, 2.45) is 0 Å². The molecule has 0 aromatic carbocycles. The number of nitrogens with zero attached hydrogens (tertiary/aromatic N) is 2. The summed E-state index contributed by atoms with van der Waals surface area (Å²) in [6.07, 6.45) is -3.74. The van der Waals surface area contributed by atoms with Gasteiger partial charge in [-0.3, -0.25) is 5.10 Å². The summed E-state index contributed by atoms with van der Waals surface area (Å²) in [5, 5.41) is 5.65.